The van der Waals surface area contributed by atoms with E-state index in [9.17, 15) is 4.79 Å². The van der Waals surface area contributed by atoms with Crippen molar-refractivity contribution in [3.05, 3.63) is 32.8 Å². The highest BCUT2D eigenvalue weighted by molar-refractivity contribution is 9.13. The van der Waals surface area contributed by atoms with E-state index in [1.807, 2.05) is 19.1 Å². The van der Waals surface area contributed by atoms with Crippen LogP contribution in [0.4, 0.5) is 0 Å². The molecule has 0 atom stereocenters. The van der Waals surface area contributed by atoms with Gasteiger partial charge in [-0.25, -0.2) is 0 Å². The maximum atomic E-state index is 12.6. The number of aromatic nitrogens is 1. The molecule has 0 bridgehead atoms. The van der Waals surface area contributed by atoms with Gasteiger partial charge < -0.3 is 15.0 Å². The summed E-state index contributed by atoms with van der Waals surface area (Å²) in [6.07, 6.45) is 2.59. The molecule has 1 aromatic heterocycles. The summed E-state index contributed by atoms with van der Waals surface area (Å²) < 4.78 is 1.84. The summed E-state index contributed by atoms with van der Waals surface area (Å²) in [4.78, 5) is 17.4. The Labute approximate surface area is 134 Å². The number of carbonyl (C=O) groups is 1. The van der Waals surface area contributed by atoms with Gasteiger partial charge in [-0.3, -0.25) is 4.79 Å². The first-order valence-electron chi connectivity index (χ1n) is 6.44. The number of carbonyl (C=O) groups excluding carboxylic acids is 1. The van der Waals surface area contributed by atoms with E-state index in [2.05, 4.69) is 36.8 Å². The Morgan fingerprint density at radius 3 is 2.65 bits per heavy atom. The Morgan fingerprint density at radius 2 is 2.00 bits per heavy atom. The Bertz CT molecular complexity index is 619. The molecule has 0 unspecified atom stereocenters. The van der Waals surface area contributed by atoms with Gasteiger partial charge in [0.15, 0.2) is 0 Å². The van der Waals surface area contributed by atoms with Crippen LogP contribution in [-0.2, 0) is 0 Å². The van der Waals surface area contributed by atoms with Crippen molar-refractivity contribution in [2.75, 3.05) is 19.7 Å². The lowest BCUT2D eigenvalue weighted by atomic mass is 10.1. The van der Waals surface area contributed by atoms with E-state index in [0.717, 1.165) is 26.3 Å². The Morgan fingerprint density at radius 1 is 1.30 bits per heavy atom. The fraction of sp³-hybridized carbons (Fsp3) is 0.357. The molecule has 20 heavy (non-hydrogen) atoms. The third kappa shape index (κ3) is 3.07. The normalized spacial score (nSPS) is 11.0. The first-order valence-corrected chi connectivity index (χ1v) is 8.03. The Hall–Kier alpha value is -0.850. The molecule has 0 saturated carbocycles. The molecule has 0 aliphatic heterocycles. The number of fused-ring (bicyclic) bond motifs is 1. The third-order valence-corrected chi connectivity index (χ3v) is 4.95. The van der Waals surface area contributed by atoms with E-state index in [4.69, 9.17) is 5.11 Å². The molecule has 2 rings (SSSR count). The van der Waals surface area contributed by atoms with Crippen LogP contribution in [0.2, 0.25) is 0 Å². The quantitative estimate of drug-likeness (QED) is 0.802. The van der Waals surface area contributed by atoms with Gasteiger partial charge in [-0.05, 0) is 50.4 Å². The van der Waals surface area contributed by atoms with Gasteiger partial charge in [0.25, 0.3) is 5.91 Å². The van der Waals surface area contributed by atoms with Crippen molar-refractivity contribution >= 4 is 48.7 Å². The maximum Gasteiger partial charge on any atom is 0.256 e. The largest absolute Gasteiger partial charge is 0.395 e. The third-order valence-electron chi connectivity index (χ3n) is 3.10. The molecule has 0 saturated heterocycles. The first-order chi connectivity index (χ1) is 9.58. The molecule has 0 fully saturated rings. The lowest BCUT2D eigenvalue weighted by Crippen LogP contribution is -2.34. The van der Waals surface area contributed by atoms with E-state index in [0.29, 0.717) is 18.7 Å². The van der Waals surface area contributed by atoms with E-state index in [1.54, 1.807) is 11.1 Å². The highest BCUT2D eigenvalue weighted by atomic mass is 79.9. The molecule has 108 valence electrons. The summed E-state index contributed by atoms with van der Waals surface area (Å²) >= 11 is 6.90. The smallest absolute Gasteiger partial charge is 0.256 e. The summed E-state index contributed by atoms with van der Waals surface area (Å²) in [5.41, 5.74) is 1.54. The van der Waals surface area contributed by atoms with Crippen molar-refractivity contribution < 1.29 is 9.90 Å². The highest BCUT2D eigenvalue weighted by Gasteiger charge is 2.19. The monoisotopic (exact) mass is 402 g/mol. The van der Waals surface area contributed by atoms with E-state index < -0.39 is 0 Å². The fourth-order valence-electron chi connectivity index (χ4n) is 2.17. The minimum atomic E-state index is -0.0543. The molecule has 0 aliphatic carbocycles. The maximum absolute atomic E-state index is 12.6. The van der Waals surface area contributed by atoms with Crippen LogP contribution in [0.15, 0.2) is 27.3 Å². The number of benzene rings is 1. The number of rotatable bonds is 5. The fourth-order valence-corrected chi connectivity index (χ4v) is 2.86. The van der Waals surface area contributed by atoms with Crippen LogP contribution in [0.3, 0.4) is 0 Å². The second kappa shape index (κ2) is 6.74. The van der Waals surface area contributed by atoms with Gasteiger partial charge in [0.2, 0.25) is 0 Å². The minimum absolute atomic E-state index is 0.0245. The van der Waals surface area contributed by atoms with Gasteiger partial charge in [-0.15, -0.1) is 0 Å². The van der Waals surface area contributed by atoms with Gasteiger partial charge in [-0.2, -0.15) is 0 Å². The molecule has 0 radical (unpaired) electrons. The zero-order valence-electron chi connectivity index (χ0n) is 11.1. The summed E-state index contributed by atoms with van der Waals surface area (Å²) in [6, 6.07) is 3.86. The molecule has 1 heterocycles. The molecular formula is C14H16Br2N2O2. The number of hydrogen-bond acceptors (Lipinski definition) is 2. The van der Waals surface area contributed by atoms with E-state index in [-0.39, 0.29) is 12.5 Å². The minimum Gasteiger partial charge on any atom is -0.395 e. The van der Waals surface area contributed by atoms with Crippen molar-refractivity contribution in [2.24, 2.45) is 0 Å². The topological polar surface area (TPSA) is 56.3 Å². The number of amides is 1. The second-order valence-corrected chi connectivity index (χ2v) is 6.24. The van der Waals surface area contributed by atoms with E-state index >= 15 is 0 Å². The lowest BCUT2D eigenvalue weighted by molar-refractivity contribution is 0.0724. The van der Waals surface area contributed by atoms with Crippen molar-refractivity contribution in [3.63, 3.8) is 0 Å². The first kappa shape index (κ1) is 15.5. The number of aliphatic hydroxyl groups is 1. The number of H-pyrrole nitrogens is 1. The molecule has 2 N–H and O–H groups in total. The number of aromatic amines is 1. The van der Waals surface area contributed by atoms with Crippen LogP contribution in [0.1, 0.15) is 23.7 Å². The van der Waals surface area contributed by atoms with Crippen LogP contribution < -0.4 is 0 Å². The zero-order valence-corrected chi connectivity index (χ0v) is 14.3. The number of halogens is 2. The number of aliphatic hydroxyl groups excluding tert-OH is 1. The molecule has 2 aromatic rings. The van der Waals surface area contributed by atoms with Crippen LogP contribution >= 0.6 is 31.9 Å². The summed E-state index contributed by atoms with van der Waals surface area (Å²) in [7, 11) is 0. The number of hydrogen-bond donors (Lipinski definition) is 2. The zero-order chi connectivity index (χ0) is 14.7. The Balaban J connectivity index is 2.41. The van der Waals surface area contributed by atoms with Crippen molar-refractivity contribution in [3.8, 4) is 0 Å². The number of nitrogens with zero attached hydrogens (tertiary/aromatic N) is 1. The van der Waals surface area contributed by atoms with Crippen molar-refractivity contribution in [1.29, 1.82) is 0 Å². The van der Waals surface area contributed by atoms with Gasteiger partial charge in [0.1, 0.15) is 0 Å². The second-order valence-electron chi connectivity index (χ2n) is 4.53. The molecule has 0 aliphatic rings. The number of nitrogens with one attached hydrogen (secondary N) is 1. The van der Waals surface area contributed by atoms with Crippen LogP contribution in [0, 0.1) is 0 Å². The standard InChI is InChI=1S/C14H16Br2N2O2/c1-2-3-18(4-5-19)14(20)10-8-17-13-7-12(16)11(15)6-9(10)13/h6-8,17,19H,2-5H2,1H3. The summed E-state index contributed by atoms with van der Waals surface area (Å²) in [5, 5.41) is 9.97. The van der Waals surface area contributed by atoms with Crippen LogP contribution in [-0.4, -0.2) is 40.6 Å². The van der Waals surface area contributed by atoms with Crippen molar-refractivity contribution in [1.82, 2.24) is 9.88 Å². The van der Waals surface area contributed by atoms with Gasteiger partial charge in [0, 0.05) is 39.1 Å². The highest BCUT2D eigenvalue weighted by Crippen LogP contribution is 2.30. The molecule has 0 spiro atoms. The average Bonchev–Trinajstić information content (AvgIpc) is 2.81. The molecule has 4 nitrogen and oxygen atoms in total. The summed E-state index contributed by atoms with van der Waals surface area (Å²) in [6.45, 7) is 2.99. The van der Waals surface area contributed by atoms with Crippen LogP contribution in [0.5, 0.6) is 0 Å². The van der Waals surface area contributed by atoms with Gasteiger partial charge >= 0.3 is 0 Å². The Kier molecular flexibility index (Phi) is 5.23. The predicted octanol–water partition coefficient (Wildman–Crippen LogP) is 3.54. The van der Waals surface area contributed by atoms with Gasteiger partial charge in [0.05, 0.1) is 12.2 Å². The molecular weight excluding hydrogens is 388 g/mol. The summed E-state index contributed by atoms with van der Waals surface area (Å²) in [5.74, 6) is -0.0543. The van der Waals surface area contributed by atoms with E-state index in [1.165, 1.54) is 0 Å². The average molecular weight is 404 g/mol. The lowest BCUT2D eigenvalue weighted by Gasteiger charge is -2.20. The SMILES string of the molecule is CCCN(CCO)C(=O)c1c[nH]c2cc(Br)c(Br)cc12. The van der Waals surface area contributed by atoms with Crippen LogP contribution in [0.25, 0.3) is 10.9 Å². The van der Waals surface area contributed by atoms with Crippen molar-refractivity contribution in [2.45, 2.75) is 13.3 Å². The molecule has 6 heteroatoms. The predicted molar refractivity (Wildman–Crippen MR) is 87.0 cm³/mol. The molecule has 1 amide bonds. The van der Waals surface area contributed by atoms with Gasteiger partial charge in [-0.1, -0.05) is 6.92 Å². The molecule has 1 aromatic carbocycles.